The molecule has 0 fully saturated rings. The number of aldehydes is 1. The number of carbonyl (C=O) groups is 1. The van der Waals surface area contributed by atoms with E-state index in [1.165, 1.54) is 17.8 Å². The molecule has 3 aromatic carbocycles. The van der Waals surface area contributed by atoms with Crippen molar-refractivity contribution in [2.75, 3.05) is 21.3 Å². The Labute approximate surface area is 185 Å². The molecule has 0 aromatic heterocycles. The van der Waals surface area contributed by atoms with Crippen LogP contribution in [-0.2, 0) is 12.4 Å². The lowest BCUT2D eigenvalue weighted by atomic mass is 10.2. The lowest BCUT2D eigenvalue weighted by Crippen LogP contribution is -1.99. The Balaban J connectivity index is 1.81. The molecule has 0 aliphatic rings. The highest BCUT2D eigenvalue weighted by Gasteiger charge is 2.16. The molecular formula is C24H24O6S. The number of aromatic hydroxyl groups is 1. The zero-order valence-corrected chi connectivity index (χ0v) is 18.4. The second-order valence-corrected chi connectivity index (χ2v) is 7.57. The fraction of sp³-hybridized carbons (Fsp3) is 0.208. The molecule has 162 valence electrons. The molecule has 3 aromatic rings. The summed E-state index contributed by atoms with van der Waals surface area (Å²) in [7, 11) is 4.72. The number of benzene rings is 3. The van der Waals surface area contributed by atoms with E-state index in [1.807, 2.05) is 30.3 Å². The molecule has 0 aliphatic heterocycles. The van der Waals surface area contributed by atoms with Gasteiger partial charge in [0.1, 0.15) is 23.9 Å². The first-order valence-corrected chi connectivity index (χ1v) is 10.5. The summed E-state index contributed by atoms with van der Waals surface area (Å²) >= 11 is 1.39. The van der Waals surface area contributed by atoms with Gasteiger partial charge in [0, 0.05) is 33.9 Å². The van der Waals surface area contributed by atoms with Crippen LogP contribution in [0.2, 0.25) is 0 Å². The summed E-state index contributed by atoms with van der Waals surface area (Å²) in [6.07, 6.45) is 0.750. The Morgan fingerprint density at radius 2 is 1.58 bits per heavy atom. The van der Waals surface area contributed by atoms with Crippen molar-refractivity contribution in [1.82, 2.24) is 0 Å². The Morgan fingerprint density at radius 3 is 2.16 bits per heavy atom. The van der Waals surface area contributed by atoms with E-state index in [-0.39, 0.29) is 11.5 Å². The minimum absolute atomic E-state index is 0.0299. The van der Waals surface area contributed by atoms with E-state index in [1.54, 1.807) is 39.5 Å². The van der Waals surface area contributed by atoms with Crippen LogP contribution < -0.4 is 18.9 Å². The minimum Gasteiger partial charge on any atom is -0.504 e. The van der Waals surface area contributed by atoms with Crippen molar-refractivity contribution in [3.63, 3.8) is 0 Å². The summed E-state index contributed by atoms with van der Waals surface area (Å²) in [4.78, 5) is 12.3. The number of carbonyl (C=O) groups excluding carboxylic acids is 1. The quantitative estimate of drug-likeness (QED) is 0.347. The summed E-state index contributed by atoms with van der Waals surface area (Å²) in [6, 6.07) is 16.2. The fourth-order valence-electron chi connectivity index (χ4n) is 3.00. The van der Waals surface area contributed by atoms with Gasteiger partial charge in [-0.2, -0.15) is 0 Å². The first-order chi connectivity index (χ1) is 15.1. The third-order valence-electron chi connectivity index (χ3n) is 4.64. The normalized spacial score (nSPS) is 10.4. The maximum absolute atomic E-state index is 11.7. The number of hydrogen-bond donors (Lipinski definition) is 1. The largest absolute Gasteiger partial charge is 0.504 e. The van der Waals surface area contributed by atoms with Crippen molar-refractivity contribution >= 4 is 18.0 Å². The van der Waals surface area contributed by atoms with Gasteiger partial charge in [-0.3, -0.25) is 4.79 Å². The Bertz CT molecular complexity index is 1010. The van der Waals surface area contributed by atoms with Gasteiger partial charge in [-0.15, -0.1) is 11.8 Å². The van der Waals surface area contributed by atoms with Crippen molar-refractivity contribution in [3.05, 3.63) is 71.3 Å². The molecule has 3 rings (SSSR count). The Kier molecular flexibility index (Phi) is 7.67. The lowest BCUT2D eigenvalue weighted by Gasteiger charge is -2.16. The van der Waals surface area contributed by atoms with Gasteiger partial charge in [0.15, 0.2) is 17.8 Å². The van der Waals surface area contributed by atoms with E-state index in [0.29, 0.717) is 40.1 Å². The second-order valence-electron chi connectivity index (χ2n) is 6.55. The Hall–Kier alpha value is -3.32. The van der Waals surface area contributed by atoms with Crippen LogP contribution in [0.25, 0.3) is 0 Å². The number of ether oxygens (including phenoxy) is 4. The lowest BCUT2D eigenvalue weighted by molar-refractivity contribution is 0.112. The fourth-order valence-corrected chi connectivity index (χ4v) is 4.06. The number of methoxy groups -OCH3 is 3. The highest BCUT2D eigenvalue weighted by atomic mass is 32.2. The summed E-state index contributed by atoms with van der Waals surface area (Å²) in [5, 5.41) is 10.4. The standard InChI is InChI=1S/C24H24O6S/c1-27-18-10-21(28-2)19(22(11-18)29-3)15-31-24-12-20(26)23(9-17(24)13-25)30-14-16-7-5-4-6-8-16/h4-13,26H,14-15H2,1-3H3. The van der Waals surface area contributed by atoms with Crippen molar-refractivity contribution in [2.24, 2.45) is 0 Å². The molecule has 0 atom stereocenters. The maximum atomic E-state index is 11.7. The van der Waals surface area contributed by atoms with E-state index in [9.17, 15) is 9.90 Å². The molecular weight excluding hydrogens is 416 g/mol. The third-order valence-corrected chi connectivity index (χ3v) is 5.74. The number of phenolic OH excluding ortho intramolecular Hbond substituents is 1. The average Bonchev–Trinajstić information content (AvgIpc) is 2.82. The van der Waals surface area contributed by atoms with E-state index in [4.69, 9.17) is 18.9 Å². The summed E-state index contributed by atoms with van der Waals surface area (Å²) < 4.78 is 21.9. The minimum atomic E-state index is -0.0299. The van der Waals surface area contributed by atoms with Crippen LogP contribution in [0.1, 0.15) is 21.5 Å². The highest BCUT2D eigenvalue weighted by Crippen LogP contribution is 2.41. The van der Waals surface area contributed by atoms with Gasteiger partial charge in [0.25, 0.3) is 0 Å². The summed E-state index contributed by atoms with van der Waals surface area (Å²) in [5.41, 5.74) is 2.21. The van der Waals surface area contributed by atoms with Crippen LogP contribution >= 0.6 is 11.8 Å². The van der Waals surface area contributed by atoms with Crippen LogP contribution in [0, 0.1) is 0 Å². The van der Waals surface area contributed by atoms with Crippen molar-refractivity contribution in [2.45, 2.75) is 17.3 Å². The van der Waals surface area contributed by atoms with Crippen LogP contribution in [0.15, 0.2) is 59.5 Å². The van der Waals surface area contributed by atoms with Crippen LogP contribution in [-0.4, -0.2) is 32.7 Å². The summed E-state index contributed by atoms with van der Waals surface area (Å²) in [6.45, 7) is 0.291. The van der Waals surface area contributed by atoms with E-state index in [2.05, 4.69) is 0 Å². The topological polar surface area (TPSA) is 74.2 Å². The molecule has 0 bridgehead atoms. The number of hydrogen-bond acceptors (Lipinski definition) is 7. The molecule has 0 radical (unpaired) electrons. The molecule has 1 N–H and O–H groups in total. The van der Waals surface area contributed by atoms with Gasteiger partial charge in [0.2, 0.25) is 0 Å². The molecule has 6 nitrogen and oxygen atoms in total. The Morgan fingerprint density at radius 1 is 0.903 bits per heavy atom. The van der Waals surface area contributed by atoms with Crippen LogP contribution in [0.5, 0.6) is 28.7 Å². The predicted octanol–water partition coefficient (Wildman–Crippen LogP) is 5.10. The molecule has 0 aliphatic carbocycles. The van der Waals surface area contributed by atoms with Gasteiger partial charge >= 0.3 is 0 Å². The monoisotopic (exact) mass is 440 g/mol. The molecule has 31 heavy (non-hydrogen) atoms. The highest BCUT2D eigenvalue weighted by molar-refractivity contribution is 7.98. The zero-order chi connectivity index (χ0) is 22.2. The number of thioether (sulfide) groups is 1. The van der Waals surface area contributed by atoms with Crippen LogP contribution in [0.4, 0.5) is 0 Å². The van der Waals surface area contributed by atoms with Crippen LogP contribution in [0.3, 0.4) is 0 Å². The van der Waals surface area contributed by atoms with Crippen molar-refractivity contribution in [3.8, 4) is 28.7 Å². The smallest absolute Gasteiger partial charge is 0.162 e. The van der Waals surface area contributed by atoms with E-state index in [0.717, 1.165) is 17.4 Å². The first kappa shape index (κ1) is 22.4. The van der Waals surface area contributed by atoms with Gasteiger partial charge < -0.3 is 24.1 Å². The third kappa shape index (κ3) is 5.44. The van der Waals surface area contributed by atoms with E-state index >= 15 is 0 Å². The average molecular weight is 441 g/mol. The van der Waals surface area contributed by atoms with Gasteiger partial charge in [-0.25, -0.2) is 0 Å². The van der Waals surface area contributed by atoms with Gasteiger partial charge in [-0.05, 0) is 17.7 Å². The predicted molar refractivity (Wildman–Crippen MR) is 120 cm³/mol. The number of phenols is 1. The molecule has 0 saturated heterocycles. The van der Waals surface area contributed by atoms with Crippen molar-refractivity contribution < 1.29 is 28.8 Å². The first-order valence-electron chi connectivity index (χ1n) is 9.50. The SMILES string of the molecule is COc1cc(OC)c(CSc2cc(O)c(OCc3ccccc3)cc2C=O)c(OC)c1. The summed E-state index contributed by atoms with van der Waals surface area (Å²) in [5.74, 6) is 2.54. The maximum Gasteiger partial charge on any atom is 0.162 e. The molecule has 0 unspecified atom stereocenters. The number of rotatable bonds is 10. The molecule has 0 saturated carbocycles. The molecule has 0 heterocycles. The van der Waals surface area contributed by atoms with Crippen molar-refractivity contribution in [1.29, 1.82) is 0 Å². The zero-order valence-electron chi connectivity index (χ0n) is 17.6. The second kappa shape index (κ2) is 10.6. The molecule has 0 spiro atoms. The van der Waals surface area contributed by atoms with E-state index < -0.39 is 0 Å². The van der Waals surface area contributed by atoms with Gasteiger partial charge in [-0.1, -0.05) is 30.3 Å². The van der Waals surface area contributed by atoms with Gasteiger partial charge in [0.05, 0.1) is 21.3 Å². The molecule has 0 amide bonds. The molecule has 7 heteroatoms.